The molecular weight excluding hydrogens is 706 g/mol. The Morgan fingerprint density at radius 2 is 0.630 bits per heavy atom. The molecule has 1 fully saturated rings. The average molecular weight is 743 g/mol. The largest absolute Gasteiger partial charge is 0.408 e. The van der Waals surface area contributed by atoms with Gasteiger partial charge in [0.25, 0.3) is 0 Å². The Bertz CT molecular complexity index is 2760. The molecule has 10 aromatic rings. The number of nitrogens with one attached hydrogen (secondary N) is 2. The van der Waals surface area contributed by atoms with E-state index < -0.39 is 16.3 Å². The van der Waals surface area contributed by atoms with Crippen molar-refractivity contribution in [2.24, 2.45) is 0 Å². The smallest absolute Gasteiger partial charge is 0.307 e. The van der Waals surface area contributed by atoms with Gasteiger partial charge in [0.1, 0.15) is 22.3 Å². The molecular formula is C46H36N2O4P2. The van der Waals surface area contributed by atoms with E-state index in [9.17, 15) is 0 Å². The number of fused-ring (bicyclic) bond motifs is 14. The third-order valence-electron chi connectivity index (χ3n) is 11.1. The van der Waals surface area contributed by atoms with E-state index in [0.29, 0.717) is 0 Å². The molecule has 1 aliphatic rings. The molecule has 1 saturated carbocycles. The standard InChI is InChI=1S/C46H36N2O4P2/c1-5-15-33-29(11-1)21-25-39-43(33)44-34-16-6-2-12-30(34)22-26-40(44)50-53(49-39)47-37-19-9-10-20-38(37)48-54-51-41-27-23-31-13-3-7-17-35(31)45(41)46-36-18-8-4-14-32(36)24-28-42(46)52-54/h1-8,11-18,21-28,37-38,47-48H,9-10,19-20H2/t37-,38-/m1/s1. The van der Waals surface area contributed by atoms with E-state index in [2.05, 4.69) is 156 Å². The van der Waals surface area contributed by atoms with E-state index in [1.165, 1.54) is 21.5 Å². The molecule has 2 N–H and O–H groups in total. The van der Waals surface area contributed by atoms with Gasteiger partial charge in [0, 0.05) is 33.6 Å². The average Bonchev–Trinajstić information content (AvgIpc) is 3.49. The van der Waals surface area contributed by atoms with Gasteiger partial charge in [0.2, 0.25) is 0 Å². The Morgan fingerprint density at radius 3 is 0.926 bits per heavy atom. The van der Waals surface area contributed by atoms with Gasteiger partial charge >= 0.3 is 16.3 Å². The van der Waals surface area contributed by atoms with Gasteiger partial charge in [-0.25, -0.2) is 10.2 Å². The summed E-state index contributed by atoms with van der Waals surface area (Å²) in [5.74, 6) is 0. The minimum atomic E-state index is -1.55. The lowest BCUT2D eigenvalue weighted by atomic mass is 9.92. The summed E-state index contributed by atoms with van der Waals surface area (Å²) < 4.78 is 27.5. The molecule has 0 unspecified atom stereocenters. The molecule has 8 aromatic carbocycles. The lowest BCUT2D eigenvalue weighted by molar-refractivity contribution is 0.427. The Balaban J connectivity index is 1.05. The van der Waals surface area contributed by atoms with E-state index in [1.54, 1.807) is 0 Å². The van der Waals surface area contributed by atoms with Crippen LogP contribution in [0.4, 0.5) is 0 Å². The van der Waals surface area contributed by atoms with E-state index in [1.807, 2.05) is 0 Å². The van der Waals surface area contributed by atoms with Crippen molar-refractivity contribution in [2.75, 3.05) is 10.2 Å². The van der Waals surface area contributed by atoms with Gasteiger partial charge in [0.05, 0.1) is 0 Å². The Kier molecular flexibility index (Phi) is 7.78. The predicted molar refractivity (Wildman–Crippen MR) is 227 cm³/mol. The first-order chi connectivity index (χ1) is 26.7. The van der Waals surface area contributed by atoms with Gasteiger partial charge in [-0.1, -0.05) is 134 Å². The molecule has 2 aromatic heterocycles. The van der Waals surface area contributed by atoms with Crippen molar-refractivity contribution < 1.29 is 16.8 Å². The topological polar surface area (TPSA) is 76.6 Å². The zero-order valence-electron chi connectivity index (χ0n) is 29.4. The molecule has 54 heavy (non-hydrogen) atoms. The van der Waals surface area contributed by atoms with Gasteiger partial charge in [-0.3, -0.25) is 0 Å². The van der Waals surface area contributed by atoms with Crippen molar-refractivity contribution in [3.63, 3.8) is 0 Å². The molecule has 2 heterocycles. The molecule has 0 radical (unpaired) electrons. The Hall–Kier alpha value is -5.48. The second kappa shape index (κ2) is 13.1. The van der Waals surface area contributed by atoms with Crippen molar-refractivity contribution in [2.45, 2.75) is 37.8 Å². The first kappa shape index (κ1) is 32.0. The van der Waals surface area contributed by atoms with Crippen LogP contribution in [-0.4, -0.2) is 12.1 Å². The second-order valence-electron chi connectivity index (χ2n) is 14.3. The highest BCUT2D eigenvalue weighted by molar-refractivity contribution is 7.39. The molecule has 2 atom stereocenters. The molecule has 0 bridgehead atoms. The molecule has 1 aliphatic carbocycles. The number of hydrogen-bond acceptors (Lipinski definition) is 6. The normalized spacial score (nSPS) is 16.4. The molecule has 8 heteroatoms. The number of hydrogen-bond donors (Lipinski definition) is 2. The van der Waals surface area contributed by atoms with E-state index in [0.717, 1.165) is 91.1 Å². The SMILES string of the molecule is c1ccc2c(c1)ccc1op(N[C@@H]3CCCC[C@H]3Np3oc4ccc5ccccc5c4c4c(ccc5ccccc54)o3)oc3ccc4ccccc4c3c12. The third-order valence-corrected chi connectivity index (χ3v) is 13.6. The van der Waals surface area contributed by atoms with Gasteiger partial charge in [0.15, 0.2) is 0 Å². The van der Waals surface area contributed by atoms with Crippen molar-refractivity contribution in [3.05, 3.63) is 146 Å². The fourth-order valence-corrected chi connectivity index (χ4v) is 11.3. The summed E-state index contributed by atoms with van der Waals surface area (Å²) in [5.41, 5.74) is 3.32. The molecule has 0 amide bonds. The zero-order valence-corrected chi connectivity index (χ0v) is 31.2. The van der Waals surface area contributed by atoms with Crippen LogP contribution in [0.15, 0.2) is 162 Å². The molecule has 0 aliphatic heterocycles. The molecule has 0 saturated heterocycles. The monoisotopic (exact) mass is 742 g/mol. The highest BCUT2D eigenvalue weighted by Crippen LogP contribution is 2.44. The van der Waals surface area contributed by atoms with Crippen LogP contribution >= 0.6 is 16.3 Å². The van der Waals surface area contributed by atoms with Crippen LogP contribution in [0.5, 0.6) is 0 Å². The van der Waals surface area contributed by atoms with Crippen molar-refractivity contribution in [1.29, 1.82) is 0 Å². The van der Waals surface area contributed by atoms with E-state index in [4.69, 9.17) is 16.8 Å². The molecule has 0 spiro atoms. The van der Waals surface area contributed by atoms with Crippen molar-refractivity contribution >= 4 is 103 Å². The minimum Gasteiger partial charge on any atom is -0.408 e. The molecule has 264 valence electrons. The van der Waals surface area contributed by atoms with Gasteiger partial charge in [-0.05, 0) is 80.2 Å². The zero-order chi connectivity index (χ0) is 35.6. The fourth-order valence-electron chi connectivity index (χ4n) is 8.55. The summed E-state index contributed by atoms with van der Waals surface area (Å²) in [6, 6.07) is 51.2. The van der Waals surface area contributed by atoms with Gasteiger partial charge in [-0.15, -0.1) is 0 Å². The van der Waals surface area contributed by atoms with Crippen molar-refractivity contribution in [1.82, 2.24) is 0 Å². The second-order valence-corrected chi connectivity index (χ2v) is 16.5. The van der Waals surface area contributed by atoms with E-state index >= 15 is 0 Å². The van der Waals surface area contributed by atoms with Crippen LogP contribution in [-0.2, 0) is 0 Å². The first-order valence-electron chi connectivity index (χ1n) is 18.7. The van der Waals surface area contributed by atoms with Crippen LogP contribution in [0.2, 0.25) is 0 Å². The maximum Gasteiger partial charge on any atom is 0.307 e. The molecule has 6 nitrogen and oxygen atoms in total. The van der Waals surface area contributed by atoms with Crippen LogP contribution in [0.1, 0.15) is 25.7 Å². The lowest BCUT2D eigenvalue weighted by Crippen LogP contribution is -2.40. The number of rotatable bonds is 4. The minimum absolute atomic E-state index is 0.0703. The van der Waals surface area contributed by atoms with E-state index in [-0.39, 0.29) is 12.1 Å². The maximum atomic E-state index is 6.88. The summed E-state index contributed by atoms with van der Waals surface area (Å²) in [7, 11) is -3.10. The summed E-state index contributed by atoms with van der Waals surface area (Å²) in [5, 5.41) is 21.3. The van der Waals surface area contributed by atoms with Crippen LogP contribution in [0.3, 0.4) is 0 Å². The van der Waals surface area contributed by atoms with Gasteiger partial charge < -0.3 is 16.8 Å². The maximum absolute atomic E-state index is 6.88. The highest BCUT2D eigenvalue weighted by atomic mass is 31.1. The highest BCUT2D eigenvalue weighted by Gasteiger charge is 2.29. The fraction of sp³-hybridized carbons (Fsp3) is 0.130. The van der Waals surface area contributed by atoms with Crippen molar-refractivity contribution in [3.8, 4) is 0 Å². The lowest BCUT2D eigenvalue weighted by Gasteiger charge is -2.30. The molecule has 11 rings (SSSR count). The van der Waals surface area contributed by atoms with Gasteiger partial charge in [-0.2, -0.15) is 0 Å². The third kappa shape index (κ3) is 5.41. The Labute approximate surface area is 312 Å². The Morgan fingerprint density at radius 1 is 0.352 bits per heavy atom. The quantitative estimate of drug-likeness (QED) is 0.187. The summed E-state index contributed by atoms with van der Waals surface area (Å²) >= 11 is 0. The summed E-state index contributed by atoms with van der Waals surface area (Å²) in [6.45, 7) is 0. The summed E-state index contributed by atoms with van der Waals surface area (Å²) in [4.78, 5) is 0. The number of benzene rings is 8. The van der Waals surface area contributed by atoms with Crippen LogP contribution in [0, 0.1) is 0 Å². The first-order valence-corrected chi connectivity index (χ1v) is 21.0. The van der Waals surface area contributed by atoms with Crippen LogP contribution in [0.25, 0.3) is 87.0 Å². The summed E-state index contributed by atoms with van der Waals surface area (Å²) in [6.07, 6.45) is 4.18. The predicted octanol–water partition coefficient (Wildman–Crippen LogP) is 14.6. The van der Waals surface area contributed by atoms with Crippen LogP contribution < -0.4 is 10.2 Å².